The molecule has 0 radical (unpaired) electrons. The van der Waals surface area contributed by atoms with Crippen LogP contribution in [0.3, 0.4) is 0 Å². The lowest BCUT2D eigenvalue weighted by Gasteiger charge is -2.08. The lowest BCUT2D eigenvalue weighted by Crippen LogP contribution is -2.21. The highest BCUT2D eigenvalue weighted by Gasteiger charge is 2.14. The lowest BCUT2D eigenvalue weighted by atomic mass is 10.3. The molecule has 20 heavy (non-hydrogen) atoms. The SMILES string of the molecule is Cc1nn(CC(=O)Nc2cccc(F)c2F)c(C)c1N. The Hall–Kier alpha value is -2.44. The fourth-order valence-corrected chi connectivity index (χ4v) is 1.79. The minimum atomic E-state index is -1.09. The smallest absolute Gasteiger partial charge is 0.246 e. The number of hydrogen-bond acceptors (Lipinski definition) is 3. The fourth-order valence-electron chi connectivity index (χ4n) is 1.79. The van der Waals surface area contributed by atoms with Crippen LogP contribution >= 0.6 is 0 Å². The van der Waals surface area contributed by atoms with Crippen molar-refractivity contribution in [3.05, 3.63) is 41.2 Å². The number of anilines is 2. The standard InChI is InChI=1S/C13H14F2N4O/c1-7-13(16)8(2)19(18-7)6-11(20)17-10-5-3-4-9(14)12(10)15/h3-5H,6,16H2,1-2H3,(H,17,20). The molecule has 0 saturated heterocycles. The number of aromatic nitrogens is 2. The Morgan fingerprint density at radius 1 is 1.40 bits per heavy atom. The van der Waals surface area contributed by atoms with E-state index in [1.54, 1.807) is 13.8 Å². The third-order valence-corrected chi connectivity index (χ3v) is 2.96. The zero-order valence-corrected chi connectivity index (χ0v) is 11.1. The van der Waals surface area contributed by atoms with Gasteiger partial charge in [0, 0.05) is 0 Å². The number of nitrogens with zero attached hydrogens (tertiary/aromatic N) is 2. The highest BCUT2D eigenvalue weighted by atomic mass is 19.2. The van der Waals surface area contributed by atoms with Crippen molar-refractivity contribution in [2.75, 3.05) is 11.1 Å². The van der Waals surface area contributed by atoms with E-state index in [1.165, 1.54) is 16.8 Å². The quantitative estimate of drug-likeness (QED) is 0.903. The molecule has 3 N–H and O–H groups in total. The summed E-state index contributed by atoms with van der Waals surface area (Å²) in [5.74, 6) is -2.62. The van der Waals surface area contributed by atoms with Crippen molar-refractivity contribution in [1.29, 1.82) is 0 Å². The zero-order valence-electron chi connectivity index (χ0n) is 11.1. The number of nitrogens with two attached hydrogens (primary N) is 1. The van der Waals surface area contributed by atoms with E-state index < -0.39 is 17.5 Å². The molecule has 0 fully saturated rings. The molecule has 5 nitrogen and oxygen atoms in total. The van der Waals surface area contributed by atoms with Gasteiger partial charge in [0.2, 0.25) is 5.91 Å². The molecule has 1 amide bonds. The molecule has 7 heteroatoms. The molecule has 0 bridgehead atoms. The average molecular weight is 280 g/mol. The molecule has 0 aliphatic carbocycles. The first-order valence-corrected chi connectivity index (χ1v) is 5.93. The van der Waals surface area contributed by atoms with E-state index in [0.29, 0.717) is 17.1 Å². The maximum absolute atomic E-state index is 13.4. The van der Waals surface area contributed by atoms with E-state index in [1.807, 2.05) is 0 Å². The van der Waals surface area contributed by atoms with Gasteiger partial charge in [-0.25, -0.2) is 8.78 Å². The Labute approximate surface area is 114 Å². The maximum Gasteiger partial charge on any atom is 0.246 e. The Bertz CT molecular complexity index is 667. The van der Waals surface area contributed by atoms with Crippen LogP contribution in [0.1, 0.15) is 11.4 Å². The molecule has 0 saturated carbocycles. The van der Waals surface area contributed by atoms with Crippen LogP contribution in [0.15, 0.2) is 18.2 Å². The second kappa shape index (κ2) is 5.28. The van der Waals surface area contributed by atoms with E-state index >= 15 is 0 Å². The fraction of sp³-hybridized carbons (Fsp3) is 0.231. The molecule has 0 atom stereocenters. The average Bonchev–Trinajstić information content (AvgIpc) is 2.63. The Morgan fingerprint density at radius 2 is 2.10 bits per heavy atom. The van der Waals surface area contributed by atoms with Crippen molar-refractivity contribution in [2.45, 2.75) is 20.4 Å². The van der Waals surface area contributed by atoms with Gasteiger partial charge in [0.1, 0.15) is 6.54 Å². The van der Waals surface area contributed by atoms with Crippen LogP contribution in [-0.2, 0) is 11.3 Å². The zero-order chi connectivity index (χ0) is 14.9. The third kappa shape index (κ3) is 2.61. The summed E-state index contributed by atoms with van der Waals surface area (Å²) in [5.41, 5.74) is 7.32. The van der Waals surface area contributed by atoms with Gasteiger partial charge in [-0.15, -0.1) is 0 Å². The number of rotatable bonds is 3. The van der Waals surface area contributed by atoms with Crippen molar-refractivity contribution in [2.24, 2.45) is 0 Å². The number of benzene rings is 1. The Balaban J connectivity index is 2.13. The summed E-state index contributed by atoms with van der Waals surface area (Å²) in [6, 6.07) is 3.58. The number of carbonyl (C=O) groups excluding carboxylic acids is 1. The van der Waals surface area contributed by atoms with Crippen molar-refractivity contribution >= 4 is 17.3 Å². The summed E-state index contributed by atoms with van der Waals surface area (Å²) in [6.45, 7) is 3.33. The molecule has 1 heterocycles. The number of nitrogens with one attached hydrogen (secondary N) is 1. The van der Waals surface area contributed by atoms with Crippen LogP contribution in [-0.4, -0.2) is 15.7 Å². The summed E-state index contributed by atoms with van der Waals surface area (Å²) in [4.78, 5) is 11.8. The highest BCUT2D eigenvalue weighted by molar-refractivity contribution is 5.90. The summed E-state index contributed by atoms with van der Waals surface area (Å²) in [6.07, 6.45) is 0. The second-order valence-electron chi connectivity index (χ2n) is 4.39. The van der Waals surface area contributed by atoms with Gasteiger partial charge in [-0.2, -0.15) is 5.10 Å². The molecular weight excluding hydrogens is 266 g/mol. The Kier molecular flexibility index (Phi) is 3.69. The normalized spacial score (nSPS) is 10.6. The number of aryl methyl sites for hydroxylation is 1. The second-order valence-corrected chi connectivity index (χ2v) is 4.39. The number of hydrogen-bond donors (Lipinski definition) is 2. The largest absolute Gasteiger partial charge is 0.396 e. The summed E-state index contributed by atoms with van der Waals surface area (Å²) in [5, 5.41) is 6.39. The summed E-state index contributed by atoms with van der Waals surface area (Å²) >= 11 is 0. The molecule has 1 aromatic carbocycles. The van der Waals surface area contributed by atoms with E-state index in [9.17, 15) is 13.6 Å². The topological polar surface area (TPSA) is 72.9 Å². The number of amides is 1. The first-order chi connectivity index (χ1) is 9.40. The van der Waals surface area contributed by atoms with Crippen molar-refractivity contribution < 1.29 is 13.6 Å². The summed E-state index contributed by atoms with van der Waals surface area (Å²) in [7, 11) is 0. The van der Waals surface area contributed by atoms with E-state index in [-0.39, 0.29) is 12.2 Å². The molecule has 106 valence electrons. The molecule has 0 aliphatic heterocycles. The molecule has 0 aliphatic rings. The Morgan fingerprint density at radius 3 is 2.70 bits per heavy atom. The van der Waals surface area contributed by atoms with Crippen molar-refractivity contribution in [3.63, 3.8) is 0 Å². The first kappa shape index (κ1) is 14.0. The number of nitrogen functional groups attached to an aromatic ring is 1. The van der Waals surface area contributed by atoms with Gasteiger partial charge in [0.25, 0.3) is 0 Å². The van der Waals surface area contributed by atoms with Gasteiger partial charge in [0.05, 0.1) is 22.8 Å². The van der Waals surface area contributed by atoms with Crippen LogP contribution in [0.25, 0.3) is 0 Å². The van der Waals surface area contributed by atoms with E-state index in [4.69, 9.17) is 5.73 Å². The predicted molar refractivity (Wildman–Crippen MR) is 71.1 cm³/mol. The minimum absolute atomic E-state index is 0.125. The summed E-state index contributed by atoms with van der Waals surface area (Å²) < 4.78 is 27.8. The van der Waals surface area contributed by atoms with Gasteiger partial charge < -0.3 is 11.1 Å². The lowest BCUT2D eigenvalue weighted by molar-refractivity contribution is -0.117. The van der Waals surface area contributed by atoms with Gasteiger partial charge in [-0.1, -0.05) is 6.07 Å². The molecular formula is C13H14F2N4O. The van der Waals surface area contributed by atoms with Gasteiger partial charge in [-0.3, -0.25) is 9.48 Å². The maximum atomic E-state index is 13.4. The van der Waals surface area contributed by atoms with Crippen LogP contribution in [0.2, 0.25) is 0 Å². The van der Waals surface area contributed by atoms with Gasteiger partial charge >= 0.3 is 0 Å². The van der Waals surface area contributed by atoms with E-state index in [0.717, 1.165) is 6.07 Å². The molecule has 0 spiro atoms. The number of carbonyl (C=O) groups is 1. The molecule has 1 aromatic heterocycles. The van der Waals surface area contributed by atoms with E-state index in [2.05, 4.69) is 10.4 Å². The van der Waals surface area contributed by atoms with Gasteiger partial charge in [-0.05, 0) is 26.0 Å². The first-order valence-electron chi connectivity index (χ1n) is 5.93. The van der Waals surface area contributed by atoms with Crippen LogP contribution in [0.4, 0.5) is 20.2 Å². The third-order valence-electron chi connectivity index (χ3n) is 2.96. The van der Waals surface area contributed by atoms with Crippen LogP contribution in [0.5, 0.6) is 0 Å². The monoisotopic (exact) mass is 280 g/mol. The van der Waals surface area contributed by atoms with Crippen molar-refractivity contribution in [3.8, 4) is 0 Å². The highest BCUT2D eigenvalue weighted by Crippen LogP contribution is 2.17. The molecule has 2 rings (SSSR count). The van der Waals surface area contributed by atoms with Gasteiger partial charge in [0.15, 0.2) is 11.6 Å². The van der Waals surface area contributed by atoms with Crippen molar-refractivity contribution in [1.82, 2.24) is 9.78 Å². The number of halogens is 2. The molecule has 0 unspecified atom stereocenters. The molecule has 2 aromatic rings. The minimum Gasteiger partial charge on any atom is -0.396 e. The predicted octanol–water partition coefficient (Wildman–Crippen LogP) is 2.00. The van der Waals surface area contributed by atoms with Crippen LogP contribution in [0, 0.1) is 25.5 Å². The van der Waals surface area contributed by atoms with Crippen LogP contribution < -0.4 is 11.1 Å².